The standard InChI is InChI=1S/C48H51N5O5/c54-38-15-17-40-33(24-38)10-16-39(31-4-2-1-3-5-31)45(40)32-8-13-37(14-9-32)52-22-20-51(21-23-52)36-11-6-30(7-12-36)27-50-28-34-25-41-42(26-35(34)29-50)48(58)53(47(41)57)43-18-19-44(55)49-46(43)56/h1-5,8-9,13-15,17,24-26,30,36,39,43,45,54H,6-7,10-12,16,18-23,27-29H2,(H,49,55,56)/t30?,36?,39-,43?,45+/m1/s1. The Labute approximate surface area is 339 Å². The average Bonchev–Trinajstić information content (AvgIpc) is 3.75. The smallest absolute Gasteiger partial charge is 0.262 e. The van der Waals surface area contributed by atoms with Gasteiger partial charge in [0, 0.05) is 69.9 Å². The molecule has 0 bridgehead atoms. The number of imide groups is 2. The lowest BCUT2D eigenvalue weighted by molar-refractivity contribution is -0.136. The summed E-state index contributed by atoms with van der Waals surface area (Å²) in [6.45, 7) is 6.76. The summed E-state index contributed by atoms with van der Waals surface area (Å²) in [7, 11) is 0. The molecule has 2 saturated heterocycles. The molecule has 58 heavy (non-hydrogen) atoms. The van der Waals surface area contributed by atoms with E-state index >= 15 is 0 Å². The van der Waals surface area contributed by atoms with E-state index in [0.29, 0.717) is 34.8 Å². The number of rotatable bonds is 7. The van der Waals surface area contributed by atoms with Crippen LogP contribution >= 0.6 is 0 Å². The van der Waals surface area contributed by atoms with E-state index in [9.17, 15) is 24.3 Å². The topological polar surface area (TPSA) is 114 Å². The highest BCUT2D eigenvalue weighted by molar-refractivity contribution is 6.23. The van der Waals surface area contributed by atoms with Crippen molar-refractivity contribution < 1.29 is 24.3 Å². The molecule has 4 aromatic carbocycles. The number of fused-ring (bicyclic) bond motifs is 3. The number of piperidine rings is 1. The molecule has 2 N–H and O–H groups in total. The van der Waals surface area contributed by atoms with E-state index in [4.69, 9.17) is 0 Å². The first-order valence-electron chi connectivity index (χ1n) is 21.3. The lowest BCUT2D eigenvalue weighted by Gasteiger charge is -2.43. The number of hydrogen-bond acceptors (Lipinski definition) is 8. The number of benzene rings is 4. The van der Waals surface area contributed by atoms with Crippen LogP contribution in [0.1, 0.15) is 111 Å². The van der Waals surface area contributed by atoms with Crippen molar-refractivity contribution in [2.45, 2.75) is 88.4 Å². The number of hydrogen-bond donors (Lipinski definition) is 2. The average molecular weight is 778 g/mol. The quantitative estimate of drug-likeness (QED) is 0.209. The summed E-state index contributed by atoms with van der Waals surface area (Å²) in [5, 5.41) is 12.5. The number of nitrogens with one attached hydrogen (secondary N) is 1. The number of carbonyl (C=O) groups excluding carboxylic acids is 4. The van der Waals surface area contributed by atoms with Crippen LogP contribution in [0.5, 0.6) is 5.75 Å². The molecule has 2 aliphatic carbocycles. The van der Waals surface area contributed by atoms with Gasteiger partial charge in [-0.2, -0.15) is 0 Å². The van der Waals surface area contributed by atoms with Crippen LogP contribution < -0.4 is 10.2 Å². The predicted molar refractivity (Wildman–Crippen MR) is 221 cm³/mol. The van der Waals surface area contributed by atoms with Crippen molar-refractivity contribution in [3.63, 3.8) is 0 Å². The van der Waals surface area contributed by atoms with E-state index in [-0.39, 0.29) is 24.7 Å². The number of phenols is 1. The number of anilines is 1. The fraction of sp³-hybridized carbons (Fsp3) is 0.417. The first kappa shape index (κ1) is 37.0. The van der Waals surface area contributed by atoms with E-state index in [1.54, 1.807) is 0 Å². The van der Waals surface area contributed by atoms with Gasteiger partial charge in [-0.15, -0.1) is 0 Å². The highest BCUT2D eigenvalue weighted by Crippen LogP contribution is 2.47. The SMILES string of the molecule is O=C1CCC(N2C(=O)c3cc4c(cc3C2=O)CN(CC2CCC(N3CCN(c5ccc([C@@H]6c7ccc(O)cc7CC[C@@H]6c6ccccc6)cc5)CC3)CC2)C4)C(=O)N1. The number of nitrogens with zero attached hydrogens (tertiary/aromatic N) is 4. The first-order chi connectivity index (χ1) is 28.3. The summed E-state index contributed by atoms with van der Waals surface area (Å²) in [6.07, 6.45) is 7.18. The fourth-order valence-corrected chi connectivity index (χ4v) is 11.1. The minimum Gasteiger partial charge on any atom is -0.508 e. The van der Waals surface area contributed by atoms with Crippen molar-refractivity contribution in [2.75, 3.05) is 37.6 Å². The molecule has 10 heteroatoms. The Morgan fingerprint density at radius 2 is 1.34 bits per heavy atom. The maximum atomic E-state index is 13.4. The number of carbonyl (C=O) groups is 4. The molecule has 10 rings (SSSR count). The summed E-state index contributed by atoms with van der Waals surface area (Å²) in [4.78, 5) is 59.6. The molecule has 3 atom stereocenters. The summed E-state index contributed by atoms with van der Waals surface area (Å²) >= 11 is 0. The second-order valence-electron chi connectivity index (χ2n) is 17.5. The zero-order chi connectivity index (χ0) is 39.5. The number of aryl methyl sites for hydroxylation is 1. The van der Waals surface area contributed by atoms with E-state index in [2.05, 4.69) is 80.7 Å². The molecule has 4 aromatic rings. The van der Waals surface area contributed by atoms with Gasteiger partial charge in [0.1, 0.15) is 11.8 Å². The zero-order valence-corrected chi connectivity index (χ0v) is 32.9. The molecule has 4 heterocycles. The zero-order valence-electron chi connectivity index (χ0n) is 32.9. The molecular formula is C48H51N5O5. The molecular weight excluding hydrogens is 727 g/mol. The van der Waals surface area contributed by atoms with Crippen LogP contribution in [0.25, 0.3) is 0 Å². The second kappa shape index (κ2) is 15.1. The largest absolute Gasteiger partial charge is 0.508 e. The van der Waals surface area contributed by atoms with Gasteiger partial charge in [0.05, 0.1) is 11.1 Å². The van der Waals surface area contributed by atoms with Crippen LogP contribution in [0.15, 0.2) is 84.9 Å². The van der Waals surface area contributed by atoms with E-state index in [1.807, 2.05) is 24.3 Å². The summed E-state index contributed by atoms with van der Waals surface area (Å²) in [5.74, 6) is -0.187. The van der Waals surface area contributed by atoms with Crippen molar-refractivity contribution in [3.05, 3.63) is 129 Å². The van der Waals surface area contributed by atoms with E-state index in [1.165, 1.54) is 53.6 Å². The van der Waals surface area contributed by atoms with Crippen LogP contribution in [0, 0.1) is 5.92 Å². The predicted octanol–water partition coefficient (Wildman–Crippen LogP) is 6.35. The number of phenolic OH excluding ortho intramolecular Hbond substituents is 1. The maximum absolute atomic E-state index is 13.4. The van der Waals surface area contributed by atoms with Gasteiger partial charge in [0.2, 0.25) is 11.8 Å². The third-order valence-electron chi connectivity index (χ3n) is 14.1. The molecule has 6 aliphatic rings. The van der Waals surface area contributed by atoms with Crippen molar-refractivity contribution in [2.24, 2.45) is 5.92 Å². The molecule has 0 radical (unpaired) electrons. The number of amides is 4. The van der Waals surface area contributed by atoms with Crippen LogP contribution in [0.2, 0.25) is 0 Å². The normalized spacial score (nSPS) is 26.4. The molecule has 1 unspecified atom stereocenters. The Hall–Kier alpha value is -5.32. The third kappa shape index (κ3) is 6.79. The van der Waals surface area contributed by atoms with Gasteiger partial charge in [-0.05, 0) is 127 Å². The molecule has 0 aromatic heterocycles. The molecule has 3 fully saturated rings. The lowest BCUT2D eigenvalue weighted by atomic mass is 9.69. The van der Waals surface area contributed by atoms with Crippen LogP contribution in [-0.4, -0.2) is 88.2 Å². The minimum atomic E-state index is -0.939. The molecule has 10 nitrogen and oxygen atoms in total. The van der Waals surface area contributed by atoms with E-state index < -0.39 is 23.8 Å². The Morgan fingerprint density at radius 3 is 2.02 bits per heavy atom. The lowest BCUT2D eigenvalue weighted by Crippen LogP contribution is -2.54. The van der Waals surface area contributed by atoms with Gasteiger partial charge in [-0.1, -0.05) is 48.5 Å². The number of aromatic hydroxyl groups is 1. The monoisotopic (exact) mass is 777 g/mol. The Balaban J connectivity index is 0.717. The van der Waals surface area contributed by atoms with Crippen LogP contribution in [0.4, 0.5) is 5.69 Å². The molecule has 298 valence electrons. The Kier molecular flexibility index (Phi) is 9.64. The van der Waals surface area contributed by atoms with Crippen LogP contribution in [-0.2, 0) is 29.1 Å². The van der Waals surface area contributed by atoms with Gasteiger partial charge in [0.15, 0.2) is 0 Å². The Morgan fingerprint density at radius 1 is 0.655 bits per heavy atom. The summed E-state index contributed by atoms with van der Waals surface area (Å²) in [6, 6.07) is 29.6. The Bertz CT molecular complexity index is 2210. The van der Waals surface area contributed by atoms with Gasteiger partial charge in [0.25, 0.3) is 11.8 Å². The summed E-state index contributed by atoms with van der Waals surface area (Å²) < 4.78 is 0. The van der Waals surface area contributed by atoms with Crippen molar-refractivity contribution in [1.29, 1.82) is 0 Å². The first-order valence-corrected chi connectivity index (χ1v) is 21.3. The second-order valence-corrected chi connectivity index (χ2v) is 17.5. The maximum Gasteiger partial charge on any atom is 0.262 e. The van der Waals surface area contributed by atoms with Gasteiger partial charge in [-0.3, -0.25) is 39.2 Å². The van der Waals surface area contributed by atoms with Crippen molar-refractivity contribution in [1.82, 2.24) is 20.0 Å². The van der Waals surface area contributed by atoms with Crippen LogP contribution in [0.3, 0.4) is 0 Å². The summed E-state index contributed by atoms with van der Waals surface area (Å²) in [5.41, 5.74) is 9.52. The molecule has 4 amide bonds. The number of piperazine rings is 1. The highest BCUT2D eigenvalue weighted by atomic mass is 16.3. The fourth-order valence-electron chi connectivity index (χ4n) is 11.1. The molecule has 4 aliphatic heterocycles. The highest BCUT2D eigenvalue weighted by Gasteiger charge is 2.45. The third-order valence-corrected chi connectivity index (χ3v) is 14.1. The molecule has 0 spiro atoms. The minimum absolute atomic E-state index is 0.117. The van der Waals surface area contributed by atoms with Crippen molar-refractivity contribution in [3.8, 4) is 5.75 Å². The van der Waals surface area contributed by atoms with Gasteiger partial charge in [-0.25, -0.2) is 0 Å². The molecule has 1 saturated carbocycles. The van der Waals surface area contributed by atoms with Gasteiger partial charge < -0.3 is 10.0 Å². The van der Waals surface area contributed by atoms with E-state index in [0.717, 1.165) is 74.7 Å². The van der Waals surface area contributed by atoms with Gasteiger partial charge >= 0.3 is 0 Å². The van der Waals surface area contributed by atoms with Crippen molar-refractivity contribution >= 4 is 29.3 Å².